The zero-order chi connectivity index (χ0) is 18.0. The number of nitrogens with zero attached hydrogens (tertiary/aromatic N) is 2. The maximum absolute atomic E-state index is 13.0. The molecule has 6 heteroatoms. The molecule has 0 spiro atoms. The van der Waals surface area contributed by atoms with E-state index in [-0.39, 0.29) is 30.2 Å². The summed E-state index contributed by atoms with van der Waals surface area (Å²) in [6.07, 6.45) is 2.19. The number of para-hydroxylation sites is 2. The molecular weight excluding hydrogens is 318 g/mol. The molecule has 3 rings (SSSR count). The van der Waals surface area contributed by atoms with E-state index in [1.807, 2.05) is 29.2 Å². The van der Waals surface area contributed by atoms with Gasteiger partial charge in [-0.15, -0.1) is 0 Å². The molecule has 3 unspecified atom stereocenters. The van der Waals surface area contributed by atoms with Crippen LogP contribution in [0.1, 0.15) is 26.2 Å². The number of carbonyl (C=O) groups excluding carboxylic acids is 2. The molecule has 2 fully saturated rings. The Morgan fingerprint density at radius 1 is 1.36 bits per heavy atom. The number of methoxy groups -OCH3 is 1. The van der Waals surface area contributed by atoms with Gasteiger partial charge in [-0.3, -0.25) is 9.59 Å². The molecule has 2 N–H and O–H groups in total. The summed E-state index contributed by atoms with van der Waals surface area (Å²) in [5, 5.41) is 0. The van der Waals surface area contributed by atoms with Gasteiger partial charge in [0.2, 0.25) is 11.8 Å². The minimum Gasteiger partial charge on any atom is -0.495 e. The van der Waals surface area contributed by atoms with Gasteiger partial charge in [-0.1, -0.05) is 19.1 Å². The van der Waals surface area contributed by atoms with Gasteiger partial charge in [-0.2, -0.15) is 0 Å². The van der Waals surface area contributed by atoms with E-state index < -0.39 is 0 Å². The summed E-state index contributed by atoms with van der Waals surface area (Å²) in [6, 6.07) is 7.51. The molecule has 1 aromatic carbocycles. The molecule has 2 saturated heterocycles. The molecule has 0 radical (unpaired) electrons. The van der Waals surface area contributed by atoms with Crippen LogP contribution in [0.2, 0.25) is 0 Å². The summed E-state index contributed by atoms with van der Waals surface area (Å²) in [5.41, 5.74) is 6.62. The Morgan fingerprint density at radius 2 is 2.12 bits per heavy atom. The molecule has 2 aliphatic heterocycles. The van der Waals surface area contributed by atoms with Crippen molar-refractivity contribution in [2.75, 3.05) is 31.6 Å². The van der Waals surface area contributed by atoms with Gasteiger partial charge in [-0.05, 0) is 30.9 Å². The molecule has 6 nitrogen and oxygen atoms in total. The lowest BCUT2D eigenvalue weighted by molar-refractivity contribution is -0.139. The average molecular weight is 345 g/mol. The van der Waals surface area contributed by atoms with E-state index in [2.05, 4.69) is 6.92 Å². The topological polar surface area (TPSA) is 75.9 Å². The fourth-order valence-electron chi connectivity index (χ4n) is 3.96. The Balaban J connectivity index is 1.74. The molecule has 25 heavy (non-hydrogen) atoms. The number of ether oxygens (including phenoxy) is 1. The van der Waals surface area contributed by atoms with Crippen molar-refractivity contribution in [3.8, 4) is 5.75 Å². The lowest BCUT2D eigenvalue weighted by Crippen LogP contribution is -2.51. The first-order chi connectivity index (χ1) is 12.0. The molecule has 3 atom stereocenters. The Kier molecular flexibility index (Phi) is 5.27. The maximum atomic E-state index is 13.0. The zero-order valence-corrected chi connectivity index (χ0v) is 15.0. The first-order valence-corrected chi connectivity index (χ1v) is 8.99. The SMILES string of the molecule is COc1ccccc1N1CC(C(=O)N2CCC(C)CC2CN)CC1=O. The fraction of sp³-hybridized carbons (Fsp3) is 0.579. The number of hydrogen-bond acceptors (Lipinski definition) is 4. The van der Waals surface area contributed by atoms with E-state index in [1.165, 1.54) is 0 Å². The van der Waals surface area contributed by atoms with Crippen LogP contribution >= 0.6 is 0 Å². The molecule has 2 aliphatic rings. The number of nitrogens with two attached hydrogens (primary N) is 1. The maximum Gasteiger partial charge on any atom is 0.228 e. The first-order valence-electron chi connectivity index (χ1n) is 8.99. The number of benzene rings is 1. The van der Waals surface area contributed by atoms with Gasteiger partial charge >= 0.3 is 0 Å². The van der Waals surface area contributed by atoms with Crippen molar-refractivity contribution in [3.63, 3.8) is 0 Å². The van der Waals surface area contributed by atoms with E-state index in [0.29, 0.717) is 24.8 Å². The van der Waals surface area contributed by atoms with E-state index in [9.17, 15) is 9.59 Å². The van der Waals surface area contributed by atoms with Crippen molar-refractivity contribution < 1.29 is 14.3 Å². The monoisotopic (exact) mass is 345 g/mol. The minimum absolute atomic E-state index is 0.0301. The lowest BCUT2D eigenvalue weighted by Gasteiger charge is -2.39. The third kappa shape index (κ3) is 3.49. The predicted molar refractivity (Wildman–Crippen MR) is 96.4 cm³/mol. The second kappa shape index (κ2) is 7.44. The third-order valence-electron chi connectivity index (χ3n) is 5.38. The summed E-state index contributed by atoms with van der Waals surface area (Å²) in [7, 11) is 1.59. The van der Waals surface area contributed by atoms with Gasteiger partial charge in [0.05, 0.1) is 18.7 Å². The Bertz CT molecular complexity index is 649. The van der Waals surface area contributed by atoms with Crippen LogP contribution in [-0.2, 0) is 9.59 Å². The van der Waals surface area contributed by atoms with Crippen LogP contribution in [0.4, 0.5) is 5.69 Å². The largest absolute Gasteiger partial charge is 0.495 e. The highest BCUT2D eigenvalue weighted by Gasteiger charge is 2.40. The second-order valence-electron chi connectivity index (χ2n) is 7.13. The number of likely N-dealkylation sites (tertiary alicyclic amines) is 1. The lowest BCUT2D eigenvalue weighted by atomic mass is 9.91. The number of amides is 2. The van der Waals surface area contributed by atoms with Crippen molar-refractivity contribution in [2.45, 2.75) is 32.2 Å². The van der Waals surface area contributed by atoms with Crippen molar-refractivity contribution in [3.05, 3.63) is 24.3 Å². The number of anilines is 1. The summed E-state index contributed by atoms with van der Waals surface area (Å²) < 4.78 is 5.36. The normalized spacial score (nSPS) is 26.8. The average Bonchev–Trinajstić information content (AvgIpc) is 3.02. The van der Waals surface area contributed by atoms with Gasteiger partial charge in [-0.25, -0.2) is 0 Å². The summed E-state index contributed by atoms with van der Waals surface area (Å²) in [4.78, 5) is 29.1. The van der Waals surface area contributed by atoms with E-state index in [1.54, 1.807) is 12.0 Å². The van der Waals surface area contributed by atoms with Crippen molar-refractivity contribution in [1.82, 2.24) is 4.90 Å². The Hall–Kier alpha value is -2.08. The highest BCUT2D eigenvalue weighted by Crippen LogP contribution is 2.34. The van der Waals surface area contributed by atoms with E-state index >= 15 is 0 Å². The second-order valence-corrected chi connectivity index (χ2v) is 7.13. The van der Waals surface area contributed by atoms with Crippen LogP contribution in [0.25, 0.3) is 0 Å². The van der Waals surface area contributed by atoms with Gasteiger partial charge in [0.25, 0.3) is 0 Å². The smallest absolute Gasteiger partial charge is 0.228 e. The Morgan fingerprint density at radius 3 is 2.84 bits per heavy atom. The van der Waals surface area contributed by atoms with Crippen LogP contribution in [0.3, 0.4) is 0 Å². The van der Waals surface area contributed by atoms with Gasteiger partial charge < -0.3 is 20.3 Å². The summed E-state index contributed by atoms with van der Waals surface area (Å²) >= 11 is 0. The van der Waals surface area contributed by atoms with Gasteiger partial charge in [0.15, 0.2) is 0 Å². The molecule has 0 aliphatic carbocycles. The predicted octanol–water partition coefficient (Wildman–Crippen LogP) is 1.63. The van der Waals surface area contributed by atoms with Crippen molar-refractivity contribution in [1.29, 1.82) is 0 Å². The van der Waals surface area contributed by atoms with Crippen LogP contribution in [0.15, 0.2) is 24.3 Å². The minimum atomic E-state index is -0.306. The summed E-state index contributed by atoms with van der Waals surface area (Å²) in [6.45, 7) is 3.82. The number of piperidine rings is 1. The fourth-order valence-corrected chi connectivity index (χ4v) is 3.96. The van der Waals surface area contributed by atoms with Crippen LogP contribution in [-0.4, -0.2) is 49.5 Å². The van der Waals surface area contributed by atoms with E-state index in [0.717, 1.165) is 25.1 Å². The van der Waals surface area contributed by atoms with Crippen LogP contribution in [0, 0.1) is 11.8 Å². The molecular formula is C19H27N3O3. The van der Waals surface area contributed by atoms with Crippen molar-refractivity contribution in [2.24, 2.45) is 17.6 Å². The number of carbonyl (C=O) groups is 2. The quantitative estimate of drug-likeness (QED) is 0.900. The summed E-state index contributed by atoms with van der Waals surface area (Å²) in [5.74, 6) is 0.967. The highest BCUT2D eigenvalue weighted by molar-refractivity contribution is 6.01. The third-order valence-corrected chi connectivity index (χ3v) is 5.38. The molecule has 2 heterocycles. The highest BCUT2D eigenvalue weighted by atomic mass is 16.5. The van der Waals surface area contributed by atoms with Crippen molar-refractivity contribution >= 4 is 17.5 Å². The molecule has 0 bridgehead atoms. The molecule has 1 aromatic rings. The molecule has 0 saturated carbocycles. The van der Waals surface area contributed by atoms with Crippen LogP contribution in [0.5, 0.6) is 5.75 Å². The van der Waals surface area contributed by atoms with Gasteiger partial charge in [0, 0.05) is 32.1 Å². The van der Waals surface area contributed by atoms with Crippen LogP contribution < -0.4 is 15.4 Å². The molecule has 2 amide bonds. The molecule has 136 valence electrons. The van der Waals surface area contributed by atoms with E-state index in [4.69, 9.17) is 10.5 Å². The number of rotatable bonds is 4. The Labute approximate surface area is 148 Å². The standard InChI is InChI=1S/C19H27N3O3/c1-13-7-8-21(15(9-13)11-20)19(24)14-10-18(23)22(12-14)16-5-3-4-6-17(16)25-2/h3-6,13-15H,7-12,20H2,1-2H3. The first kappa shape index (κ1) is 17.7. The number of hydrogen-bond donors (Lipinski definition) is 1. The zero-order valence-electron chi connectivity index (χ0n) is 15.0. The molecule has 0 aromatic heterocycles. The van der Waals surface area contributed by atoms with Gasteiger partial charge in [0.1, 0.15) is 5.75 Å².